The van der Waals surface area contributed by atoms with Crippen LogP contribution in [0.5, 0.6) is 0 Å². The minimum Gasteiger partial charge on any atom is -0.384 e. The van der Waals surface area contributed by atoms with E-state index < -0.39 is 0 Å². The second kappa shape index (κ2) is 9.30. The summed E-state index contributed by atoms with van der Waals surface area (Å²) in [5.41, 5.74) is 2.16. The number of hydrogen-bond donors (Lipinski definition) is 2. The smallest absolute Gasteiger partial charge is 0.233 e. The Kier molecular flexibility index (Phi) is 7.96. The molecule has 0 spiro atoms. The predicted octanol–water partition coefficient (Wildman–Crippen LogP) is 0.895. The summed E-state index contributed by atoms with van der Waals surface area (Å²) < 4.78 is 5.23. The summed E-state index contributed by atoms with van der Waals surface area (Å²) in [5, 5.41) is 0. The topological polar surface area (TPSA) is 67.6 Å². The van der Waals surface area contributed by atoms with Gasteiger partial charge in [0.2, 0.25) is 5.91 Å². The Bertz CT molecular complexity index is 234. The lowest BCUT2D eigenvalue weighted by Gasteiger charge is -2.32. The van der Waals surface area contributed by atoms with Crippen LogP contribution in [0.15, 0.2) is 0 Å². The predicted molar refractivity (Wildman–Crippen MR) is 71.8 cm³/mol. The first-order valence-corrected chi connectivity index (χ1v) is 6.97. The molecule has 1 aliphatic heterocycles. The van der Waals surface area contributed by atoms with Crippen LogP contribution in [0.3, 0.4) is 0 Å². The summed E-state index contributed by atoms with van der Waals surface area (Å²) in [6.07, 6.45) is 6.31. The number of likely N-dealkylation sites (tertiary alicyclic amines) is 1. The Morgan fingerprint density at radius 1 is 1.44 bits per heavy atom. The van der Waals surface area contributed by atoms with Crippen LogP contribution in [-0.4, -0.2) is 44.2 Å². The summed E-state index contributed by atoms with van der Waals surface area (Å²) in [6, 6.07) is 0. The second-order valence-electron chi connectivity index (χ2n) is 5.14. The molecule has 0 aliphatic carbocycles. The summed E-state index contributed by atoms with van der Waals surface area (Å²) in [4.78, 5) is 13.5. The normalized spacial score (nSPS) is 20.9. The highest BCUT2D eigenvalue weighted by Crippen LogP contribution is 2.17. The fourth-order valence-electron chi connectivity index (χ4n) is 2.60. The van der Waals surface area contributed by atoms with Crippen molar-refractivity contribution in [1.82, 2.24) is 10.3 Å². The molecule has 1 unspecified atom stereocenters. The van der Waals surface area contributed by atoms with E-state index in [1.54, 1.807) is 7.11 Å². The first kappa shape index (κ1) is 15.4. The first-order valence-electron chi connectivity index (χ1n) is 6.97. The lowest BCUT2D eigenvalue weighted by Crippen LogP contribution is -2.37. The van der Waals surface area contributed by atoms with Crippen molar-refractivity contribution in [3.8, 4) is 0 Å². The van der Waals surface area contributed by atoms with Gasteiger partial charge >= 0.3 is 0 Å². The second-order valence-corrected chi connectivity index (χ2v) is 5.14. The van der Waals surface area contributed by atoms with E-state index in [4.69, 9.17) is 10.6 Å². The number of nitrogens with zero attached hydrogens (tertiary/aromatic N) is 1. The zero-order valence-electron chi connectivity index (χ0n) is 11.5. The summed E-state index contributed by atoms with van der Waals surface area (Å²) >= 11 is 0. The quantitative estimate of drug-likeness (QED) is 0.293. The molecule has 0 saturated carbocycles. The van der Waals surface area contributed by atoms with E-state index in [2.05, 4.69) is 10.3 Å². The minimum atomic E-state index is -0.0619. The van der Waals surface area contributed by atoms with E-state index in [1.165, 1.54) is 19.4 Å². The number of hydrazine groups is 1. The summed E-state index contributed by atoms with van der Waals surface area (Å²) in [5.74, 6) is 5.67. The van der Waals surface area contributed by atoms with Gasteiger partial charge in [-0.3, -0.25) is 10.2 Å². The van der Waals surface area contributed by atoms with Crippen molar-refractivity contribution >= 4 is 5.91 Å². The molecule has 0 aromatic carbocycles. The van der Waals surface area contributed by atoms with E-state index in [9.17, 15) is 4.79 Å². The number of unbranched alkanes of at least 4 members (excludes halogenated alkanes) is 2. The summed E-state index contributed by atoms with van der Waals surface area (Å²) in [6.45, 7) is 4.40. The Morgan fingerprint density at radius 3 is 3.00 bits per heavy atom. The number of carbonyl (C=O) groups is 1. The molecular weight excluding hydrogens is 230 g/mol. The van der Waals surface area contributed by atoms with Gasteiger partial charge in [0.05, 0.1) is 6.61 Å². The van der Waals surface area contributed by atoms with Crippen LogP contribution in [0.1, 0.15) is 38.5 Å². The maximum Gasteiger partial charge on any atom is 0.233 e. The molecule has 1 heterocycles. The van der Waals surface area contributed by atoms with E-state index in [0.29, 0.717) is 12.3 Å². The van der Waals surface area contributed by atoms with E-state index in [0.717, 1.165) is 39.0 Å². The maximum absolute atomic E-state index is 10.9. The fraction of sp³-hybridized carbons (Fsp3) is 0.923. The number of hydrogen-bond acceptors (Lipinski definition) is 4. The average Bonchev–Trinajstić information content (AvgIpc) is 2.39. The van der Waals surface area contributed by atoms with Gasteiger partial charge in [-0.2, -0.15) is 0 Å². The van der Waals surface area contributed by atoms with Gasteiger partial charge in [0.15, 0.2) is 0 Å². The highest BCUT2D eigenvalue weighted by Gasteiger charge is 2.18. The molecule has 1 amide bonds. The first-order chi connectivity index (χ1) is 8.76. The van der Waals surface area contributed by atoms with Crippen LogP contribution in [0.25, 0.3) is 0 Å². The number of amides is 1. The van der Waals surface area contributed by atoms with Crippen LogP contribution >= 0.6 is 0 Å². The number of ether oxygens (including phenoxy) is 1. The summed E-state index contributed by atoms with van der Waals surface area (Å²) in [7, 11) is 1.78. The lowest BCUT2D eigenvalue weighted by atomic mass is 9.98. The zero-order valence-corrected chi connectivity index (χ0v) is 11.5. The largest absolute Gasteiger partial charge is 0.384 e. The molecule has 1 atom stereocenters. The van der Waals surface area contributed by atoms with Crippen LogP contribution in [0.2, 0.25) is 0 Å². The van der Waals surface area contributed by atoms with Gasteiger partial charge in [-0.1, -0.05) is 6.42 Å². The Labute approximate surface area is 110 Å². The van der Waals surface area contributed by atoms with E-state index in [1.807, 2.05) is 0 Å². The van der Waals surface area contributed by atoms with Gasteiger partial charge in [0, 0.05) is 20.1 Å². The Balaban J connectivity index is 2.02. The van der Waals surface area contributed by atoms with Crippen molar-refractivity contribution in [2.24, 2.45) is 11.8 Å². The van der Waals surface area contributed by atoms with Crippen molar-refractivity contribution in [2.75, 3.05) is 33.4 Å². The number of nitrogens with two attached hydrogens (primary N) is 1. The molecule has 5 heteroatoms. The number of piperidine rings is 1. The molecule has 0 radical (unpaired) electrons. The van der Waals surface area contributed by atoms with Crippen molar-refractivity contribution < 1.29 is 9.53 Å². The average molecular weight is 257 g/mol. The van der Waals surface area contributed by atoms with E-state index >= 15 is 0 Å². The standard InChI is InChI=1S/C13H27N3O2/c1-18-11-12-6-5-9-16(10-12)8-4-2-3-7-13(17)15-14/h12H,2-11,14H2,1H3,(H,15,17). The lowest BCUT2D eigenvalue weighted by molar-refractivity contribution is -0.121. The third kappa shape index (κ3) is 6.33. The SMILES string of the molecule is COCC1CCCN(CCCCCC(=O)NN)C1. The third-order valence-electron chi connectivity index (χ3n) is 3.54. The van der Waals surface area contributed by atoms with Crippen LogP contribution in [0, 0.1) is 5.92 Å². The van der Waals surface area contributed by atoms with E-state index in [-0.39, 0.29) is 5.91 Å². The molecule has 1 saturated heterocycles. The molecule has 1 rings (SSSR count). The van der Waals surface area contributed by atoms with Crippen LogP contribution < -0.4 is 11.3 Å². The number of rotatable bonds is 8. The minimum absolute atomic E-state index is 0.0619. The molecule has 0 aromatic rings. The van der Waals surface area contributed by atoms with Gasteiger partial charge < -0.3 is 9.64 Å². The van der Waals surface area contributed by atoms with Gasteiger partial charge in [0.1, 0.15) is 0 Å². The highest BCUT2D eigenvalue weighted by molar-refractivity contribution is 5.74. The molecule has 106 valence electrons. The Hall–Kier alpha value is -0.650. The molecule has 5 nitrogen and oxygen atoms in total. The monoisotopic (exact) mass is 257 g/mol. The number of carbonyl (C=O) groups excluding carboxylic acids is 1. The number of methoxy groups -OCH3 is 1. The van der Waals surface area contributed by atoms with Crippen molar-refractivity contribution in [1.29, 1.82) is 0 Å². The third-order valence-corrected chi connectivity index (χ3v) is 3.54. The molecule has 0 bridgehead atoms. The molecular formula is C13H27N3O2. The van der Waals surface area contributed by atoms with Crippen LogP contribution in [0.4, 0.5) is 0 Å². The van der Waals surface area contributed by atoms with Crippen molar-refractivity contribution in [3.05, 3.63) is 0 Å². The fourth-order valence-corrected chi connectivity index (χ4v) is 2.60. The Morgan fingerprint density at radius 2 is 2.28 bits per heavy atom. The van der Waals surface area contributed by atoms with Gasteiger partial charge in [-0.25, -0.2) is 5.84 Å². The van der Waals surface area contributed by atoms with Crippen molar-refractivity contribution in [2.45, 2.75) is 38.5 Å². The van der Waals surface area contributed by atoms with Crippen molar-refractivity contribution in [3.63, 3.8) is 0 Å². The zero-order chi connectivity index (χ0) is 13.2. The van der Waals surface area contributed by atoms with Crippen LogP contribution in [-0.2, 0) is 9.53 Å². The maximum atomic E-state index is 10.9. The molecule has 3 N–H and O–H groups in total. The molecule has 18 heavy (non-hydrogen) atoms. The number of nitrogens with one attached hydrogen (secondary N) is 1. The van der Waals surface area contributed by atoms with Gasteiger partial charge in [-0.05, 0) is 44.7 Å². The molecule has 1 fully saturated rings. The molecule has 1 aliphatic rings. The van der Waals surface area contributed by atoms with Gasteiger partial charge in [0.25, 0.3) is 0 Å². The molecule has 0 aromatic heterocycles. The van der Waals surface area contributed by atoms with Gasteiger partial charge in [-0.15, -0.1) is 0 Å². The highest BCUT2D eigenvalue weighted by atomic mass is 16.5.